The van der Waals surface area contributed by atoms with Crippen LogP contribution in [0.4, 0.5) is 0 Å². The van der Waals surface area contributed by atoms with Gasteiger partial charge in [0.25, 0.3) is 0 Å². The van der Waals surface area contributed by atoms with Gasteiger partial charge in [0, 0.05) is 0 Å². The van der Waals surface area contributed by atoms with Crippen LogP contribution in [-0.2, 0) is 4.74 Å². The minimum absolute atomic E-state index is 0.112. The van der Waals surface area contributed by atoms with Crippen LogP contribution in [0, 0.1) is 0 Å². The molecule has 0 radical (unpaired) electrons. The molecule has 0 aromatic carbocycles. The number of aliphatic hydroxyl groups is 4. The standard InChI is InChI=1S/C7H14N2O5S/c8-7(15)9-6-5(13)4(12)3(11)2(1-10)14-6/h2-6,10-13H,1H2,(H3,8,9,15). The first-order valence-electron chi connectivity index (χ1n) is 4.34. The Balaban J connectivity index is 2.69. The van der Waals surface area contributed by atoms with Gasteiger partial charge in [-0.3, -0.25) is 0 Å². The van der Waals surface area contributed by atoms with Crippen molar-refractivity contribution in [1.82, 2.24) is 5.32 Å². The van der Waals surface area contributed by atoms with Gasteiger partial charge in [0.1, 0.15) is 24.4 Å². The molecule has 8 heteroatoms. The van der Waals surface area contributed by atoms with Gasteiger partial charge in [-0.25, -0.2) is 0 Å². The molecule has 0 aliphatic carbocycles. The van der Waals surface area contributed by atoms with Crippen LogP contribution in [-0.4, -0.2) is 62.8 Å². The molecule has 1 rings (SSSR count). The SMILES string of the molecule is NC(=S)NC1OC(CO)C(O)C(O)C1O. The molecule has 0 bridgehead atoms. The Morgan fingerprint density at radius 2 is 1.87 bits per heavy atom. The average Bonchev–Trinajstić information content (AvgIpc) is 2.18. The molecule has 5 atom stereocenters. The Labute approximate surface area is 91.5 Å². The largest absolute Gasteiger partial charge is 0.394 e. The molecule has 15 heavy (non-hydrogen) atoms. The number of hydrogen-bond acceptors (Lipinski definition) is 6. The van der Waals surface area contributed by atoms with Crippen molar-refractivity contribution in [3.8, 4) is 0 Å². The van der Waals surface area contributed by atoms with E-state index in [1.54, 1.807) is 0 Å². The quantitative estimate of drug-likeness (QED) is 0.275. The number of thiocarbonyl (C=S) groups is 1. The number of hydrogen-bond donors (Lipinski definition) is 6. The molecule has 0 saturated carbocycles. The maximum absolute atomic E-state index is 9.48. The van der Waals surface area contributed by atoms with E-state index in [0.717, 1.165) is 0 Å². The maximum atomic E-state index is 9.48. The number of rotatable bonds is 2. The first kappa shape index (κ1) is 12.6. The highest BCUT2D eigenvalue weighted by Gasteiger charge is 2.43. The van der Waals surface area contributed by atoms with Crippen LogP contribution >= 0.6 is 12.2 Å². The van der Waals surface area contributed by atoms with Crippen LogP contribution < -0.4 is 11.1 Å². The molecule has 7 N–H and O–H groups in total. The van der Waals surface area contributed by atoms with Gasteiger partial charge in [-0.15, -0.1) is 0 Å². The highest BCUT2D eigenvalue weighted by molar-refractivity contribution is 7.80. The average molecular weight is 238 g/mol. The summed E-state index contributed by atoms with van der Waals surface area (Å²) in [6.45, 7) is -0.486. The van der Waals surface area contributed by atoms with Crippen LogP contribution in [0.2, 0.25) is 0 Å². The lowest BCUT2D eigenvalue weighted by atomic mass is 9.98. The predicted octanol–water partition coefficient (Wildman–Crippen LogP) is -3.38. The Hall–Kier alpha value is -0.510. The molecule has 0 spiro atoms. The summed E-state index contributed by atoms with van der Waals surface area (Å²) in [7, 11) is 0. The van der Waals surface area contributed by atoms with E-state index >= 15 is 0 Å². The van der Waals surface area contributed by atoms with Crippen LogP contribution in [0.1, 0.15) is 0 Å². The summed E-state index contributed by atoms with van der Waals surface area (Å²) in [6, 6.07) is 0. The number of ether oxygens (including phenoxy) is 1. The number of aliphatic hydroxyl groups excluding tert-OH is 4. The number of nitrogens with one attached hydrogen (secondary N) is 1. The maximum Gasteiger partial charge on any atom is 0.165 e. The zero-order chi connectivity index (χ0) is 11.6. The summed E-state index contributed by atoms with van der Waals surface area (Å²) < 4.78 is 5.05. The fourth-order valence-corrected chi connectivity index (χ4v) is 1.48. The van der Waals surface area contributed by atoms with Gasteiger partial charge in [0.15, 0.2) is 11.3 Å². The van der Waals surface area contributed by atoms with E-state index in [4.69, 9.17) is 15.6 Å². The van der Waals surface area contributed by atoms with Crippen molar-refractivity contribution in [3.63, 3.8) is 0 Å². The second-order valence-corrected chi connectivity index (χ2v) is 3.70. The van der Waals surface area contributed by atoms with E-state index in [2.05, 4.69) is 17.5 Å². The molecule has 1 aliphatic heterocycles. The summed E-state index contributed by atoms with van der Waals surface area (Å²) >= 11 is 4.54. The lowest BCUT2D eigenvalue weighted by Gasteiger charge is -2.40. The van der Waals surface area contributed by atoms with Gasteiger partial charge in [-0.2, -0.15) is 0 Å². The molecule has 88 valence electrons. The molecule has 7 nitrogen and oxygen atoms in total. The Kier molecular flexibility index (Phi) is 4.20. The Morgan fingerprint density at radius 1 is 1.27 bits per heavy atom. The van der Waals surface area contributed by atoms with Gasteiger partial charge < -0.3 is 36.2 Å². The molecule has 1 saturated heterocycles. The lowest BCUT2D eigenvalue weighted by Crippen LogP contribution is -2.63. The van der Waals surface area contributed by atoms with Gasteiger partial charge in [-0.05, 0) is 12.2 Å². The Bertz CT molecular complexity index is 239. The second-order valence-electron chi connectivity index (χ2n) is 3.26. The number of nitrogens with two attached hydrogens (primary N) is 1. The molecular formula is C7H14N2O5S. The molecule has 1 fully saturated rings. The molecule has 5 unspecified atom stereocenters. The third kappa shape index (κ3) is 2.74. The van der Waals surface area contributed by atoms with Crippen molar-refractivity contribution in [1.29, 1.82) is 0 Å². The van der Waals surface area contributed by atoms with Gasteiger partial charge in [0.05, 0.1) is 6.61 Å². The van der Waals surface area contributed by atoms with Gasteiger partial charge in [-0.1, -0.05) is 0 Å². The van der Waals surface area contributed by atoms with Gasteiger partial charge >= 0.3 is 0 Å². The van der Waals surface area contributed by atoms with Gasteiger partial charge in [0.2, 0.25) is 0 Å². The monoisotopic (exact) mass is 238 g/mol. The minimum atomic E-state index is -1.43. The lowest BCUT2D eigenvalue weighted by molar-refractivity contribution is -0.232. The third-order valence-corrected chi connectivity index (χ3v) is 2.29. The predicted molar refractivity (Wildman–Crippen MR) is 53.7 cm³/mol. The first-order chi connectivity index (χ1) is 6.97. The van der Waals surface area contributed by atoms with Crippen molar-refractivity contribution in [2.75, 3.05) is 6.61 Å². The summed E-state index contributed by atoms with van der Waals surface area (Å²) in [6.07, 6.45) is -6.19. The van der Waals surface area contributed by atoms with Crippen molar-refractivity contribution in [2.24, 2.45) is 5.73 Å². The summed E-state index contributed by atoms with van der Waals surface area (Å²) in [5, 5.41) is 39.4. The first-order valence-corrected chi connectivity index (χ1v) is 4.74. The molecule has 0 aromatic heterocycles. The van der Waals surface area contributed by atoms with Crippen molar-refractivity contribution in [2.45, 2.75) is 30.6 Å². The summed E-state index contributed by atoms with van der Waals surface area (Å²) in [5.74, 6) is 0. The van der Waals surface area contributed by atoms with E-state index in [1.807, 2.05) is 0 Å². The fraction of sp³-hybridized carbons (Fsp3) is 0.857. The second kappa shape index (κ2) is 5.01. The van der Waals surface area contributed by atoms with Crippen LogP contribution in [0.25, 0.3) is 0 Å². The normalized spacial score (nSPS) is 41.2. The highest BCUT2D eigenvalue weighted by atomic mass is 32.1. The zero-order valence-corrected chi connectivity index (χ0v) is 8.59. The van der Waals surface area contributed by atoms with E-state index in [1.165, 1.54) is 0 Å². The topological polar surface area (TPSA) is 128 Å². The van der Waals surface area contributed by atoms with E-state index < -0.39 is 37.3 Å². The molecule has 0 aromatic rings. The Morgan fingerprint density at radius 3 is 2.33 bits per heavy atom. The fourth-order valence-electron chi connectivity index (χ4n) is 1.36. The smallest absolute Gasteiger partial charge is 0.165 e. The van der Waals surface area contributed by atoms with Crippen LogP contribution in [0.15, 0.2) is 0 Å². The van der Waals surface area contributed by atoms with Crippen molar-refractivity contribution < 1.29 is 25.2 Å². The summed E-state index contributed by atoms with van der Waals surface area (Å²) in [4.78, 5) is 0. The highest BCUT2D eigenvalue weighted by Crippen LogP contribution is 2.19. The van der Waals surface area contributed by atoms with Crippen LogP contribution in [0.5, 0.6) is 0 Å². The zero-order valence-electron chi connectivity index (χ0n) is 7.78. The third-order valence-electron chi connectivity index (χ3n) is 2.18. The van der Waals surface area contributed by atoms with E-state index in [9.17, 15) is 15.3 Å². The van der Waals surface area contributed by atoms with Crippen molar-refractivity contribution >= 4 is 17.3 Å². The summed E-state index contributed by atoms with van der Waals surface area (Å²) in [5.41, 5.74) is 5.18. The molecule has 1 aliphatic rings. The van der Waals surface area contributed by atoms with Crippen LogP contribution in [0.3, 0.4) is 0 Å². The van der Waals surface area contributed by atoms with E-state index in [-0.39, 0.29) is 5.11 Å². The van der Waals surface area contributed by atoms with Crippen molar-refractivity contribution in [3.05, 3.63) is 0 Å². The minimum Gasteiger partial charge on any atom is -0.394 e. The molecule has 0 amide bonds. The van der Waals surface area contributed by atoms with E-state index in [0.29, 0.717) is 0 Å². The molecular weight excluding hydrogens is 224 g/mol. The molecule has 1 heterocycles.